The highest BCUT2D eigenvalue weighted by atomic mass is 32.2. The number of carbonyl (C=O) groups is 3. The third-order valence-corrected chi connectivity index (χ3v) is 11.0. The van der Waals surface area contributed by atoms with Crippen molar-refractivity contribution in [1.29, 1.82) is 0 Å². The average molecular weight is 751 g/mol. The van der Waals surface area contributed by atoms with Gasteiger partial charge in [0.25, 0.3) is 11.8 Å². The van der Waals surface area contributed by atoms with Crippen molar-refractivity contribution in [2.75, 3.05) is 10.6 Å². The zero-order valence-corrected chi connectivity index (χ0v) is 31.4. The first-order valence-electron chi connectivity index (χ1n) is 18.5. The van der Waals surface area contributed by atoms with E-state index in [9.17, 15) is 14.4 Å². The lowest BCUT2D eigenvalue weighted by atomic mass is 10.0. The number of hydrogen-bond acceptors (Lipinski definition) is 4. The van der Waals surface area contributed by atoms with E-state index in [1.165, 1.54) is 17.3 Å². The fourth-order valence-corrected chi connectivity index (χ4v) is 8.03. The molecule has 1 heterocycles. The summed E-state index contributed by atoms with van der Waals surface area (Å²) in [5.41, 5.74) is 5.77. The van der Waals surface area contributed by atoms with Crippen LogP contribution >= 0.6 is 11.8 Å². The summed E-state index contributed by atoms with van der Waals surface area (Å²) < 4.78 is 2.29. The molecular weight excluding hydrogens is 713 g/mol. The van der Waals surface area contributed by atoms with Crippen LogP contribution in [0.3, 0.4) is 0 Å². The highest BCUT2D eigenvalue weighted by Gasteiger charge is 2.23. The highest BCUT2D eigenvalue weighted by molar-refractivity contribution is 8.00. The molecule has 56 heavy (non-hydrogen) atoms. The molecule has 0 bridgehead atoms. The van der Waals surface area contributed by atoms with Gasteiger partial charge in [-0.2, -0.15) is 0 Å². The summed E-state index contributed by atoms with van der Waals surface area (Å²) in [4.78, 5) is 42.0. The first kappa shape index (κ1) is 36.1. The van der Waals surface area contributed by atoms with Gasteiger partial charge in [-0.15, -0.1) is 11.8 Å². The molecule has 8 aromatic rings. The van der Waals surface area contributed by atoms with Gasteiger partial charge in [0.2, 0.25) is 5.91 Å². The number of rotatable bonds is 11. The minimum Gasteiger partial charge on any atom is -0.341 e. The summed E-state index contributed by atoms with van der Waals surface area (Å²) in [5.74, 6) is -1.01. The normalized spacial score (nSPS) is 12.1. The monoisotopic (exact) mass is 750 g/mol. The Kier molecular flexibility index (Phi) is 10.5. The van der Waals surface area contributed by atoms with E-state index in [0.717, 1.165) is 55.3 Å². The van der Waals surface area contributed by atoms with Crippen molar-refractivity contribution in [3.05, 3.63) is 192 Å². The number of thioether (sulfide) groups is 1. The van der Waals surface area contributed by atoms with Gasteiger partial charge in [-0.05, 0) is 95.6 Å². The van der Waals surface area contributed by atoms with E-state index >= 15 is 0 Å². The van der Waals surface area contributed by atoms with E-state index < -0.39 is 17.1 Å². The van der Waals surface area contributed by atoms with Gasteiger partial charge in [0, 0.05) is 50.2 Å². The van der Waals surface area contributed by atoms with Crippen molar-refractivity contribution in [3.63, 3.8) is 0 Å². The van der Waals surface area contributed by atoms with Crippen molar-refractivity contribution in [2.24, 2.45) is 0 Å². The van der Waals surface area contributed by atoms with Gasteiger partial charge in [0.1, 0.15) is 10.9 Å². The second kappa shape index (κ2) is 16.2. The fraction of sp³-hybridized carbons (Fsp3) is 0.0625. The van der Waals surface area contributed by atoms with Crippen LogP contribution < -0.4 is 16.0 Å². The van der Waals surface area contributed by atoms with Crippen LogP contribution in [0.4, 0.5) is 11.4 Å². The van der Waals surface area contributed by atoms with Crippen LogP contribution in [0.15, 0.2) is 180 Å². The predicted molar refractivity (Wildman–Crippen MR) is 230 cm³/mol. The molecule has 0 spiro atoms. The van der Waals surface area contributed by atoms with E-state index in [-0.39, 0.29) is 11.6 Å². The molecule has 274 valence electrons. The standard InChI is InChI=1S/C48H38N4O3S/c1-2-52-43-23-12-11-22-40(43)41-31-37(26-29-44(41)52)50-48(55)45(33-15-5-3-6-16-33)56-38-27-24-36(25-28-38)49-47(54)42(51-46(53)34-17-7-4-8-18-34)30-35-20-13-19-32-14-9-10-21-39(32)35/h3-31,45H,2H2,1H3,(H,49,54)(H,50,55)(H,51,53)/b42-30-. The maximum Gasteiger partial charge on any atom is 0.272 e. The summed E-state index contributed by atoms with van der Waals surface area (Å²) in [7, 11) is 0. The molecule has 0 aliphatic rings. The quantitative estimate of drug-likeness (QED) is 0.0907. The Bertz CT molecular complexity index is 2740. The third-order valence-electron chi connectivity index (χ3n) is 9.71. The lowest BCUT2D eigenvalue weighted by molar-refractivity contribution is -0.116. The third kappa shape index (κ3) is 7.69. The number of fused-ring (bicyclic) bond motifs is 4. The fourth-order valence-electron chi connectivity index (χ4n) is 7.01. The van der Waals surface area contributed by atoms with Crippen molar-refractivity contribution >= 4 is 79.5 Å². The first-order valence-corrected chi connectivity index (χ1v) is 19.3. The van der Waals surface area contributed by atoms with E-state index in [1.807, 2.05) is 109 Å². The van der Waals surface area contributed by atoms with E-state index in [2.05, 4.69) is 51.7 Å². The minimum atomic E-state index is -0.548. The van der Waals surface area contributed by atoms with Crippen LogP contribution in [0, 0.1) is 0 Å². The number of benzene rings is 7. The molecule has 0 saturated carbocycles. The lowest BCUT2D eigenvalue weighted by Gasteiger charge is -2.18. The highest BCUT2D eigenvalue weighted by Crippen LogP contribution is 2.38. The first-order chi connectivity index (χ1) is 27.4. The smallest absolute Gasteiger partial charge is 0.272 e. The number of anilines is 2. The number of nitrogens with one attached hydrogen (secondary N) is 3. The lowest BCUT2D eigenvalue weighted by Crippen LogP contribution is -2.30. The summed E-state index contributed by atoms with van der Waals surface area (Å²) in [5, 5.41) is 12.7. The van der Waals surface area contributed by atoms with Gasteiger partial charge >= 0.3 is 0 Å². The van der Waals surface area contributed by atoms with Crippen molar-refractivity contribution in [1.82, 2.24) is 9.88 Å². The molecule has 1 atom stereocenters. The Morgan fingerprint density at radius 2 is 1.27 bits per heavy atom. The molecule has 7 aromatic carbocycles. The van der Waals surface area contributed by atoms with Gasteiger partial charge in [0.05, 0.1) is 0 Å². The molecule has 0 fully saturated rings. The number of para-hydroxylation sites is 1. The summed E-state index contributed by atoms with van der Waals surface area (Å²) in [6.07, 6.45) is 1.70. The van der Waals surface area contributed by atoms with Gasteiger partial charge in [-0.1, -0.05) is 109 Å². The molecule has 0 aliphatic carbocycles. The molecule has 7 nitrogen and oxygen atoms in total. The molecule has 8 heteroatoms. The van der Waals surface area contributed by atoms with Gasteiger partial charge < -0.3 is 20.5 Å². The maximum absolute atomic E-state index is 14.1. The second-order valence-electron chi connectivity index (χ2n) is 13.3. The molecule has 0 aliphatic heterocycles. The van der Waals surface area contributed by atoms with E-state index in [0.29, 0.717) is 11.3 Å². The molecule has 3 amide bonds. The Hall–Kier alpha value is -6.90. The Balaban J connectivity index is 1.02. The molecule has 0 radical (unpaired) electrons. The zero-order chi connectivity index (χ0) is 38.4. The molecular formula is C48H38N4O3S. The second-order valence-corrected chi connectivity index (χ2v) is 14.5. The molecule has 1 unspecified atom stereocenters. The maximum atomic E-state index is 14.1. The molecule has 3 N–H and O–H groups in total. The minimum absolute atomic E-state index is 0.104. The number of carbonyl (C=O) groups excluding carboxylic acids is 3. The summed E-state index contributed by atoms with van der Waals surface area (Å²) in [6.45, 7) is 2.98. The SMILES string of the molecule is CCn1c2ccccc2c2cc(NC(=O)C(Sc3ccc(NC(=O)/C(=C/c4cccc5ccccc45)NC(=O)c4ccccc4)cc3)c3ccccc3)ccc21. The van der Waals surface area contributed by atoms with Crippen molar-refractivity contribution in [3.8, 4) is 0 Å². The molecule has 0 saturated heterocycles. The van der Waals surface area contributed by atoms with Crippen LogP contribution in [0.1, 0.15) is 33.7 Å². The molecule has 1 aromatic heterocycles. The summed E-state index contributed by atoms with van der Waals surface area (Å²) in [6, 6.07) is 54.0. The number of hydrogen-bond donors (Lipinski definition) is 3. The Labute approximate surface area is 329 Å². The largest absolute Gasteiger partial charge is 0.341 e. The van der Waals surface area contributed by atoms with Crippen molar-refractivity contribution < 1.29 is 14.4 Å². The van der Waals surface area contributed by atoms with E-state index in [1.54, 1.807) is 42.5 Å². The number of aryl methyl sites for hydroxylation is 1. The predicted octanol–water partition coefficient (Wildman–Crippen LogP) is 10.8. The topological polar surface area (TPSA) is 92.2 Å². The van der Waals surface area contributed by atoms with Gasteiger partial charge in [0.15, 0.2) is 0 Å². The van der Waals surface area contributed by atoms with Crippen LogP contribution in [-0.4, -0.2) is 22.3 Å². The Morgan fingerprint density at radius 1 is 0.625 bits per heavy atom. The van der Waals surface area contributed by atoms with Gasteiger partial charge in [-0.3, -0.25) is 14.4 Å². The van der Waals surface area contributed by atoms with Crippen LogP contribution in [0.25, 0.3) is 38.7 Å². The van der Waals surface area contributed by atoms with Gasteiger partial charge in [-0.25, -0.2) is 0 Å². The number of amides is 3. The van der Waals surface area contributed by atoms with Crippen LogP contribution in [-0.2, 0) is 16.1 Å². The zero-order valence-electron chi connectivity index (χ0n) is 30.6. The van der Waals surface area contributed by atoms with E-state index in [4.69, 9.17) is 0 Å². The summed E-state index contributed by atoms with van der Waals surface area (Å²) >= 11 is 1.43. The van der Waals surface area contributed by atoms with Crippen LogP contribution in [0.5, 0.6) is 0 Å². The number of aromatic nitrogens is 1. The Morgan fingerprint density at radius 3 is 2.04 bits per heavy atom. The van der Waals surface area contributed by atoms with Crippen LogP contribution in [0.2, 0.25) is 0 Å². The molecule has 8 rings (SSSR count). The number of nitrogens with zero attached hydrogens (tertiary/aromatic N) is 1. The van der Waals surface area contributed by atoms with Crippen molar-refractivity contribution in [2.45, 2.75) is 23.6 Å². The average Bonchev–Trinajstić information content (AvgIpc) is 3.56.